The van der Waals surface area contributed by atoms with Crippen LogP contribution in [0.5, 0.6) is 0 Å². The number of hydrogen-bond acceptors (Lipinski definition) is 7. The lowest BCUT2D eigenvalue weighted by molar-refractivity contribution is -0.132. The van der Waals surface area contributed by atoms with Crippen LogP contribution in [0.25, 0.3) is 0 Å². The van der Waals surface area contributed by atoms with Crippen LogP contribution in [-0.2, 0) is 14.8 Å². The smallest absolute Gasteiger partial charge is 0.269 e. The molecular weight excluding hydrogens is 442 g/mol. The van der Waals surface area contributed by atoms with E-state index >= 15 is 0 Å². The fourth-order valence-corrected chi connectivity index (χ4v) is 6.67. The van der Waals surface area contributed by atoms with E-state index < -0.39 is 28.4 Å². The average molecular weight is 458 g/mol. The monoisotopic (exact) mass is 457 g/mol. The second-order valence-corrected chi connectivity index (χ2v) is 10.6. The molecule has 0 saturated heterocycles. The van der Waals surface area contributed by atoms with Crippen molar-refractivity contribution in [2.75, 3.05) is 6.54 Å². The van der Waals surface area contributed by atoms with E-state index in [-0.39, 0.29) is 16.5 Å². The molecule has 3 aromatic rings. The highest BCUT2D eigenvalue weighted by molar-refractivity contribution is 7.90. The van der Waals surface area contributed by atoms with Crippen molar-refractivity contribution in [3.05, 3.63) is 74.6 Å². The SMILES string of the molecule is O=C(CN1C(=O)c2ccccc2S1(=O)=O)N1N=C(c2cccs2)C[C@H]1c1cccs1. The van der Waals surface area contributed by atoms with Crippen molar-refractivity contribution in [1.82, 2.24) is 9.31 Å². The van der Waals surface area contributed by atoms with E-state index in [0.717, 1.165) is 15.5 Å². The Morgan fingerprint density at radius 3 is 2.53 bits per heavy atom. The molecule has 1 atom stereocenters. The van der Waals surface area contributed by atoms with Gasteiger partial charge in [-0.2, -0.15) is 5.10 Å². The number of nitrogens with zero attached hydrogens (tertiary/aromatic N) is 3. The summed E-state index contributed by atoms with van der Waals surface area (Å²) in [6, 6.07) is 13.3. The van der Waals surface area contributed by atoms with E-state index in [4.69, 9.17) is 0 Å². The summed E-state index contributed by atoms with van der Waals surface area (Å²) in [5.41, 5.74) is 0.861. The van der Waals surface area contributed by atoms with Gasteiger partial charge in [0.25, 0.3) is 21.8 Å². The molecule has 30 heavy (non-hydrogen) atoms. The zero-order valence-corrected chi connectivity index (χ0v) is 17.9. The summed E-state index contributed by atoms with van der Waals surface area (Å²) in [5, 5.41) is 9.71. The van der Waals surface area contributed by atoms with Gasteiger partial charge in [-0.25, -0.2) is 17.7 Å². The molecule has 0 spiro atoms. The van der Waals surface area contributed by atoms with Crippen molar-refractivity contribution in [3.8, 4) is 0 Å². The van der Waals surface area contributed by atoms with Crippen molar-refractivity contribution >= 4 is 50.2 Å². The number of thiophene rings is 2. The van der Waals surface area contributed by atoms with Gasteiger partial charge in [-0.1, -0.05) is 24.3 Å². The van der Waals surface area contributed by atoms with Crippen LogP contribution in [0.1, 0.15) is 32.6 Å². The van der Waals surface area contributed by atoms with Crippen LogP contribution >= 0.6 is 22.7 Å². The molecule has 0 unspecified atom stereocenters. The molecule has 2 aliphatic heterocycles. The van der Waals surface area contributed by atoms with Gasteiger partial charge in [0.15, 0.2) is 0 Å². The third-order valence-corrected chi connectivity index (χ3v) is 8.71. The maximum Gasteiger partial charge on any atom is 0.269 e. The standard InChI is InChI=1S/C20H15N3O4S3/c24-19(12-22-20(25)13-5-1-2-8-18(13)30(22,26)27)23-15(17-7-4-10-29-17)11-14(21-23)16-6-3-9-28-16/h1-10,15H,11-12H2/t15-/m0/s1. The maximum absolute atomic E-state index is 13.2. The van der Waals surface area contributed by atoms with E-state index in [1.807, 2.05) is 35.0 Å². The highest BCUT2D eigenvalue weighted by atomic mass is 32.2. The van der Waals surface area contributed by atoms with Crippen molar-refractivity contribution in [1.29, 1.82) is 0 Å². The van der Waals surface area contributed by atoms with Gasteiger partial charge in [-0.05, 0) is 35.0 Å². The summed E-state index contributed by atoms with van der Waals surface area (Å²) in [6.07, 6.45) is 0.535. The molecule has 7 nitrogen and oxygen atoms in total. The van der Waals surface area contributed by atoms with E-state index in [1.54, 1.807) is 12.1 Å². The highest BCUT2D eigenvalue weighted by Gasteiger charge is 2.44. The summed E-state index contributed by atoms with van der Waals surface area (Å²) in [4.78, 5) is 27.7. The summed E-state index contributed by atoms with van der Waals surface area (Å²) >= 11 is 3.04. The van der Waals surface area contributed by atoms with E-state index in [1.165, 1.54) is 39.8 Å². The largest absolute Gasteiger partial charge is 0.271 e. The van der Waals surface area contributed by atoms with Crippen LogP contribution in [0, 0.1) is 0 Å². The Morgan fingerprint density at radius 1 is 1.07 bits per heavy atom. The van der Waals surface area contributed by atoms with Crippen LogP contribution in [0.4, 0.5) is 0 Å². The lowest BCUT2D eigenvalue weighted by atomic mass is 10.1. The number of sulfonamides is 1. The second kappa shape index (κ2) is 7.15. The molecule has 2 amide bonds. The van der Waals surface area contributed by atoms with Crippen molar-refractivity contribution in [2.24, 2.45) is 5.10 Å². The molecule has 2 aromatic heterocycles. The zero-order chi connectivity index (χ0) is 20.9. The summed E-state index contributed by atoms with van der Waals surface area (Å²) < 4.78 is 26.3. The summed E-state index contributed by atoms with van der Waals surface area (Å²) in [6.45, 7) is -0.584. The Bertz CT molecular complexity index is 1260. The molecule has 0 aliphatic carbocycles. The molecular formula is C20H15N3O4S3. The lowest BCUT2D eigenvalue weighted by Gasteiger charge is -2.23. The van der Waals surface area contributed by atoms with Crippen LogP contribution < -0.4 is 0 Å². The predicted octanol–water partition coefficient (Wildman–Crippen LogP) is 3.33. The van der Waals surface area contributed by atoms with Crippen molar-refractivity contribution < 1.29 is 18.0 Å². The van der Waals surface area contributed by atoms with Crippen molar-refractivity contribution in [3.63, 3.8) is 0 Å². The van der Waals surface area contributed by atoms with Crippen LogP contribution in [0.3, 0.4) is 0 Å². The number of rotatable bonds is 4. The van der Waals surface area contributed by atoms with Crippen LogP contribution in [0.2, 0.25) is 0 Å². The fraction of sp³-hybridized carbons (Fsp3) is 0.150. The number of fused-ring (bicyclic) bond motifs is 1. The van der Waals surface area contributed by atoms with E-state index in [0.29, 0.717) is 10.7 Å². The minimum Gasteiger partial charge on any atom is -0.271 e. The van der Waals surface area contributed by atoms with Gasteiger partial charge in [0.1, 0.15) is 11.4 Å². The van der Waals surface area contributed by atoms with Gasteiger partial charge >= 0.3 is 0 Å². The fourth-order valence-electron chi connectivity index (χ4n) is 3.62. The van der Waals surface area contributed by atoms with Gasteiger partial charge in [-0.3, -0.25) is 9.59 Å². The molecule has 0 N–H and O–H groups in total. The zero-order valence-electron chi connectivity index (χ0n) is 15.5. The number of benzene rings is 1. The summed E-state index contributed by atoms with van der Waals surface area (Å²) in [7, 11) is -4.06. The van der Waals surface area contributed by atoms with Gasteiger partial charge in [0.05, 0.1) is 22.2 Å². The van der Waals surface area contributed by atoms with E-state index in [9.17, 15) is 18.0 Å². The highest BCUT2D eigenvalue weighted by Crippen LogP contribution is 2.37. The lowest BCUT2D eigenvalue weighted by Crippen LogP contribution is -2.40. The normalized spacial score (nSPS) is 19.8. The number of carbonyl (C=O) groups excluding carboxylic acids is 2. The first-order chi connectivity index (χ1) is 14.5. The first kappa shape index (κ1) is 19.2. The Labute approximate surface area is 180 Å². The molecule has 5 rings (SSSR count). The minimum absolute atomic E-state index is 0.0678. The third kappa shape index (κ3) is 2.99. The third-order valence-electron chi connectivity index (χ3n) is 5.03. The molecule has 0 bridgehead atoms. The van der Waals surface area contributed by atoms with Gasteiger partial charge < -0.3 is 0 Å². The second-order valence-electron chi connectivity index (χ2n) is 6.81. The molecule has 10 heteroatoms. The Balaban J connectivity index is 1.46. The number of carbonyl (C=O) groups is 2. The molecule has 152 valence electrons. The van der Waals surface area contributed by atoms with Crippen LogP contribution in [-0.4, -0.2) is 41.8 Å². The van der Waals surface area contributed by atoms with Crippen LogP contribution in [0.15, 0.2) is 69.3 Å². The van der Waals surface area contributed by atoms with Crippen molar-refractivity contribution in [2.45, 2.75) is 17.4 Å². The number of amides is 2. The quantitative estimate of drug-likeness (QED) is 0.601. The first-order valence-electron chi connectivity index (χ1n) is 9.10. The minimum atomic E-state index is -4.06. The predicted molar refractivity (Wildman–Crippen MR) is 114 cm³/mol. The molecule has 0 fully saturated rings. The Morgan fingerprint density at radius 2 is 1.83 bits per heavy atom. The first-order valence-corrected chi connectivity index (χ1v) is 12.3. The van der Waals surface area contributed by atoms with Gasteiger partial charge in [0.2, 0.25) is 0 Å². The average Bonchev–Trinajstić information content (AvgIpc) is 3.52. The molecule has 2 aliphatic rings. The Kier molecular flexibility index (Phi) is 4.57. The maximum atomic E-state index is 13.2. The molecule has 0 radical (unpaired) electrons. The van der Waals surface area contributed by atoms with Gasteiger partial charge in [-0.15, -0.1) is 22.7 Å². The molecule has 0 saturated carbocycles. The number of hydrazone groups is 1. The molecule has 1 aromatic carbocycles. The summed E-state index contributed by atoms with van der Waals surface area (Å²) in [5.74, 6) is -1.22. The van der Waals surface area contributed by atoms with Gasteiger partial charge in [0, 0.05) is 11.3 Å². The Hall–Kier alpha value is -2.82. The molecule has 4 heterocycles. The van der Waals surface area contributed by atoms with E-state index in [2.05, 4.69) is 5.10 Å². The number of hydrogen-bond donors (Lipinski definition) is 0. The topological polar surface area (TPSA) is 87.1 Å².